The van der Waals surface area contributed by atoms with Crippen LogP contribution in [0.5, 0.6) is 0 Å². The van der Waals surface area contributed by atoms with Crippen molar-refractivity contribution in [3.05, 3.63) is 33.8 Å². The Balaban J connectivity index is 0.00000361. The third-order valence-corrected chi connectivity index (χ3v) is 4.13. The highest BCUT2D eigenvalue weighted by Crippen LogP contribution is 2.33. The Kier molecular flexibility index (Phi) is 8.52. The normalized spacial score (nSPS) is 10.8. The van der Waals surface area contributed by atoms with E-state index in [1.807, 2.05) is 26.0 Å². The first kappa shape index (κ1) is 19.5. The molecule has 0 atom stereocenters. The van der Waals surface area contributed by atoms with Crippen LogP contribution in [0, 0.1) is 0 Å². The Hall–Kier alpha value is -0.480. The predicted molar refractivity (Wildman–Crippen MR) is 88.0 cm³/mol. The number of halogens is 3. The Bertz CT molecular complexity index is 448. The predicted octanol–water partition coefficient (Wildman–Crippen LogP) is 3.77. The van der Waals surface area contributed by atoms with E-state index >= 15 is 0 Å². The molecule has 1 aromatic rings. The van der Waals surface area contributed by atoms with Gasteiger partial charge in [0.1, 0.15) is 0 Å². The fourth-order valence-corrected chi connectivity index (χ4v) is 2.47. The minimum atomic E-state index is -0.401. The molecule has 0 saturated heterocycles. The highest BCUT2D eigenvalue weighted by molar-refractivity contribution is 6.42. The van der Waals surface area contributed by atoms with Crippen LogP contribution in [-0.2, 0) is 10.3 Å². The molecule has 6 heteroatoms. The first-order valence-corrected chi connectivity index (χ1v) is 7.15. The van der Waals surface area contributed by atoms with Crippen LogP contribution in [0.25, 0.3) is 0 Å². The molecular formula is C14H21Cl3N2O. The molecule has 0 bridgehead atoms. The zero-order chi connectivity index (χ0) is 14.5. The van der Waals surface area contributed by atoms with E-state index in [1.165, 1.54) is 0 Å². The van der Waals surface area contributed by atoms with Gasteiger partial charge in [-0.3, -0.25) is 4.79 Å². The van der Waals surface area contributed by atoms with Crippen LogP contribution in [-0.4, -0.2) is 19.5 Å². The quantitative estimate of drug-likeness (QED) is 0.828. The van der Waals surface area contributed by atoms with Gasteiger partial charge in [-0.2, -0.15) is 0 Å². The smallest absolute Gasteiger partial charge is 0.234 e. The van der Waals surface area contributed by atoms with Crippen molar-refractivity contribution in [1.29, 1.82) is 0 Å². The van der Waals surface area contributed by atoms with Crippen molar-refractivity contribution in [2.75, 3.05) is 13.6 Å². The summed E-state index contributed by atoms with van der Waals surface area (Å²) in [5, 5.41) is 6.97. The topological polar surface area (TPSA) is 41.1 Å². The van der Waals surface area contributed by atoms with E-state index < -0.39 is 5.54 Å². The van der Waals surface area contributed by atoms with Crippen LogP contribution in [0.4, 0.5) is 0 Å². The summed E-state index contributed by atoms with van der Waals surface area (Å²) in [6.07, 6.45) is 1.58. The summed E-state index contributed by atoms with van der Waals surface area (Å²) in [4.78, 5) is 11.9. The van der Waals surface area contributed by atoms with Gasteiger partial charge < -0.3 is 10.6 Å². The molecule has 2 N–H and O–H groups in total. The third-order valence-electron chi connectivity index (χ3n) is 3.40. The number of carbonyl (C=O) groups is 1. The van der Waals surface area contributed by atoms with Crippen LogP contribution in [0.2, 0.25) is 10.0 Å². The van der Waals surface area contributed by atoms with Crippen LogP contribution in [0.15, 0.2) is 18.2 Å². The van der Waals surface area contributed by atoms with Crippen molar-refractivity contribution < 1.29 is 4.79 Å². The average Bonchev–Trinajstić information content (AvgIpc) is 2.40. The lowest BCUT2D eigenvalue weighted by molar-refractivity contribution is -0.122. The van der Waals surface area contributed by atoms with Gasteiger partial charge in [0.2, 0.25) is 5.91 Å². The van der Waals surface area contributed by atoms with Gasteiger partial charge in [-0.15, -0.1) is 12.4 Å². The van der Waals surface area contributed by atoms with E-state index in [-0.39, 0.29) is 18.3 Å². The average molecular weight is 340 g/mol. The Morgan fingerprint density at radius 1 is 1.20 bits per heavy atom. The number of rotatable bonds is 6. The van der Waals surface area contributed by atoms with Crippen molar-refractivity contribution in [2.45, 2.75) is 32.2 Å². The van der Waals surface area contributed by atoms with Crippen LogP contribution >= 0.6 is 35.6 Å². The van der Waals surface area contributed by atoms with Crippen molar-refractivity contribution >= 4 is 41.5 Å². The number of amides is 1. The Labute approximate surface area is 136 Å². The van der Waals surface area contributed by atoms with Crippen molar-refractivity contribution in [3.8, 4) is 0 Å². The van der Waals surface area contributed by atoms with E-state index in [2.05, 4.69) is 10.6 Å². The van der Waals surface area contributed by atoms with E-state index in [0.29, 0.717) is 16.6 Å². The molecule has 0 aromatic heterocycles. The molecule has 1 aromatic carbocycles. The van der Waals surface area contributed by atoms with Gasteiger partial charge >= 0.3 is 0 Å². The molecular weight excluding hydrogens is 319 g/mol. The lowest BCUT2D eigenvalue weighted by atomic mass is 9.84. The summed E-state index contributed by atoms with van der Waals surface area (Å²) in [5.74, 6) is -0.0303. The number of likely N-dealkylation sites (N-methyl/N-ethyl adjacent to an activating group) is 1. The highest BCUT2D eigenvalue weighted by Gasteiger charge is 2.30. The van der Waals surface area contributed by atoms with Gasteiger partial charge in [-0.05, 0) is 37.6 Å². The number of hydrogen-bond donors (Lipinski definition) is 2. The lowest BCUT2D eigenvalue weighted by Crippen LogP contribution is -2.47. The number of nitrogens with one attached hydrogen (secondary N) is 2. The first-order chi connectivity index (χ1) is 8.99. The van der Waals surface area contributed by atoms with Crippen molar-refractivity contribution in [2.24, 2.45) is 0 Å². The van der Waals surface area contributed by atoms with Crippen LogP contribution in [0.1, 0.15) is 32.3 Å². The van der Waals surface area contributed by atoms with Gasteiger partial charge in [0.15, 0.2) is 0 Å². The molecule has 114 valence electrons. The highest BCUT2D eigenvalue weighted by atomic mass is 35.5. The molecule has 0 aliphatic rings. The second-order valence-electron chi connectivity index (χ2n) is 4.50. The Morgan fingerprint density at radius 3 is 2.25 bits per heavy atom. The summed E-state index contributed by atoms with van der Waals surface area (Å²) in [6.45, 7) is 4.39. The Morgan fingerprint density at radius 2 is 1.80 bits per heavy atom. The van der Waals surface area contributed by atoms with Crippen LogP contribution in [0.3, 0.4) is 0 Å². The molecule has 1 amide bonds. The molecule has 0 radical (unpaired) electrons. The van der Waals surface area contributed by atoms with Gasteiger partial charge in [0.05, 0.1) is 22.1 Å². The third kappa shape index (κ3) is 4.52. The van der Waals surface area contributed by atoms with Gasteiger partial charge in [0.25, 0.3) is 0 Å². The molecule has 0 saturated carbocycles. The van der Waals surface area contributed by atoms with Gasteiger partial charge in [-0.25, -0.2) is 0 Å². The number of benzene rings is 1. The second kappa shape index (κ2) is 8.73. The summed E-state index contributed by atoms with van der Waals surface area (Å²) in [6, 6.07) is 5.51. The summed E-state index contributed by atoms with van der Waals surface area (Å²) in [7, 11) is 1.75. The summed E-state index contributed by atoms with van der Waals surface area (Å²) in [5.41, 5.74) is 0.582. The SMILES string of the molecule is CCC(CC)(NC(=O)CNC)c1ccc(Cl)c(Cl)c1.Cl. The lowest BCUT2D eigenvalue weighted by Gasteiger charge is -2.34. The largest absolute Gasteiger partial charge is 0.346 e. The van der Waals surface area contributed by atoms with Gasteiger partial charge in [0, 0.05) is 0 Å². The summed E-state index contributed by atoms with van der Waals surface area (Å²) >= 11 is 12.0. The molecule has 20 heavy (non-hydrogen) atoms. The minimum Gasteiger partial charge on any atom is -0.346 e. The second-order valence-corrected chi connectivity index (χ2v) is 5.31. The van der Waals surface area contributed by atoms with Gasteiger partial charge in [-0.1, -0.05) is 43.1 Å². The zero-order valence-corrected chi connectivity index (χ0v) is 14.3. The van der Waals surface area contributed by atoms with E-state index in [4.69, 9.17) is 23.2 Å². The minimum absolute atomic E-state index is 0. The fourth-order valence-electron chi connectivity index (χ4n) is 2.17. The molecule has 0 aliphatic heterocycles. The van der Waals surface area contributed by atoms with E-state index in [0.717, 1.165) is 18.4 Å². The number of carbonyl (C=O) groups excluding carboxylic acids is 1. The zero-order valence-electron chi connectivity index (χ0n) is 11.9. The maximum absolute atomic E-state index is 11.9. The van der Waals surface area contributed by atoms with E-state index in [1.54, 1.807) is 13.1 Å². The summed E-state index contributed by atoms with van der Waals surface area (Å²) < 4.78 is 0. The molecule has 0 spiro atoms. The first-order valence-electron chi connectivity index (χ1n) is 6.40. The monoisotopic (exact) mass is 338 g/mol. The van der Waals surface area contributed by atoms with Crippen molar-refractivity contribution in [3.63, 3.8) is 0 Å². The number of hydrogen-bond acceptors (Lipinski definition) is 2. The molecule has 0 unspecified atom stereocenters. The maximum Gasteiger partial charge on any atom is 0.234 e. The molecule has 1 rings (SSSR count). The maximum atomic E-state index is 11.9. The fraction of sp³-hybridized carbons (Fsp3) is 0.500. The molecule has 3 nitrogen and oxygen atoms in total. The van der Waals surface area contributed by atoms with Crippen molar-refractivity contribution in [1.82, 2.24) is 10.6 Å². The standard InChI is InChI=1S/C14H20Cl2N2O.ClH/c1-4-14(5-2,18-13(19)9-17-3)10-6-7-11(15)12(16)8-10;/h6-8,17H,4-5,9H2,1-3H3,(H,18,19);1H. The van der Waals surface area contributed by atoms with E-state index in [9.17, 15) is 4.79 Å². The molecule has 0 heterocycles. The molecule has 0 fully saturated rings. The molecule has 0 aliphatic carbocycles. The van der Waals surface area contributed by atoms with Crippen LogP contribution < -0.4 is 10.6 Å².